The number of piperidine rings is 1. The van der Waals surface area contributed by atoms with Crippen molar-refractivity contribution in [2.75, 3.05) is 25.5 Å². The number of methoxy groups -OCH3 is 1. The zero-order chi connectivity index (χ0) is 23.5. The van der Waals surface area contributed by atoms with Crippen LogP contribution >= 0.6 is 0 Å². The van der Waals surface area contributed by atoms with Gasteiger partial charge in [0.15, 0.2) is 5.78 Å². The van der Waals surface area contributed by atoms with E-state index in [0.717, 1.165) is 70.7 Å². The number of carbonyl (C=O) groups is 2. The number of pyridine rings is 1. The number of aryl methyl sites for hydroxylation is 2. The molecule has 1 atom stereocenters. The summed E-state index contributed by atoms with van der Waals surface area (Å²) >= 11 is 0. The third-order valence-corrected chi connectivity index (χ3v) is 6.28. The number of anilines is 1. The first-order chi connectivity index (χ1) is 15.8. The molecule has 1 unspecified atom stereocenters. The summed E-state index contributed by atoms with van der Waals surface area (Å²) in [5.74, 6) is 0.966. The Kier molecular flexibility index (Phi) is 6.75. The minimum Gasteiger partial charge on any atom is -0.496 e. The lowest BCUT2D eigenvalue weighted by Crippen LogP contribution is -2.38. The molecule has 172 valence electrons. The number of hydrogen-bond acceptors (Lipinski definition) is 5. The molecule has 6 nitrogen and oxygen atoms in total. The predicted octanol–water partition coefficient (Wildman–Crippen LogP) is 4.91. The number of likely N-dealkylation sites (tertiary alicyclic amines) is 1. The van der Waals surface area contributed by atoms with Crippen LogP contribution in [0.2, 0.25) is 0 Å². The SMILES string of the molecule is COc1c(C)cc(C(=O)C2CCCN(Cc3ccc4cc(NC(C)=O)ccc4n3)C2)cc1C. The zero-order valence-electron chi connectivity index (χ0n) is 19.8. The molecule has 6 heteroatoms. The van der Waals surface area contributed by atoms with E-state index in [1.165, 1.54) is 6.92 Å². The molecular weight excluding hydrogens is 414 g/mol. The normalized spacial score (nSPS) is 16.5. The number of nitrogens with one attached hydrogen (secondary N) is 1. The van der Waals surface area contributed by atoms with Crippen LogP contribution in [-0.2, 0) is 11.3 Å². The van der Waals surface area contributed by atoms with E-state index in [1.807, 2.05) is 56.3 Å². The second-order valence-corrected chi connectivity index (χ2v) is 8.97. The van der Waals surface area contributed by atoms with Gasteiger partial charge in [0, 0.05) is 42.6 Å². The second kappa shape index (κ2) is 9.71. The molecule has 1 amide bonds. The Hall–Kier alpha value is -3.25. The van der Waals surface area contributed by atoms with Gasteiger partial charge in [-0.3, -0.25) is 19.5 Å². The van der Waals surface area contributed by atoms with Crippen molar-refractivity contribution in [2.45, 2.75) is 40.2 Å². The summed E-state index contributed by atoms with van der Waals surface area (Å²) in [5.41, 5.74) is 5.42. The fraction of sp³-hybridized carbons (Fsp3) is 0.370. The van der Waals surface area contributed by atoms with Crippen molar-refractivity contribution in [2.24, 2.45) is 5.92 Å². The maximum atomic E-state index is 13.3. The van der Waals surface area contributed by atoms with Crippen LogP contribution in [0.3, 0.4) is 0 Å². The average Bonchev–Trinajstić information content (AvgIpc) is 2.78. The summed E-state index contributed by atoms with van der Waals surface area (Å²) in [7, 11) is 1.67. The van der Waals surface area contributed by atoms with Crippen molar-refractivity contribution in [3.05, 3.63) is 64.8 Å². The van der Waals surface area contributed by atoms with E-state index < -0.39 is 0 Å². The molecule has 1 N–H and O–H groups in total. The van der Waals surface area contributed by atoms with Gasteiger partial charge in [-0.15, -0.1) is 0 Å². The smallest absolute Gasteiger partial charge is 0.221 e. The molecular formula is C27H31N3O3. The van der Waals surface area contributed by atoms with Gasteiger partial charge < -0.3 is 10.1 Å². The molecule has 1 aliphatic heterocycles. The number of hydrogen-bond donors (Lipinski definition) is 1. The van der Waals surface area contributed by atoms with Gasteiger partial charge >= 0.3 is 0 Å². The summed E-state index contributed by atoms with van der Waals surface area (Å²) in [6.07, 6.45) is 1.91. The summed E-state index contributed by atoms with van der Waals surface area (Å²) in [4.78, 5) is 31.7. The highest BCUT2D eigenvalue weighted by atomic mass is 16.5. The topological polar surface area (TPSA) is 71.5 Å². The largest absolute Gasteiger partial charge is 0.496 e. The Morgan fingerprint density at radius 3 is 2.58 bits per heavy atom. The van der Waals surface area contributed by atoms with Crippen molar-refractivity contribution >= 4 is 28.3 Å². The van der Waals surface area contributed by atoms with Gasteiger partial charge in [0.1, 0.15) is 5.75 Å². The molecule has 2 aromatic carbocycles. The maximum Gasteiger partial charge on any atom is 0.221 e. The van der Waals surface area contributed by atoms with Crippen molar-refractivity contribution in [1.82, 2.24) is 9.88 Å². The molecule has 33 heavy (non-hydrogen) atoms. The molecule has 1 aromatic heterocycles. The number of carbonyl (C=O) groups excluding carboxylic acids is 2. The number of amides is 1. The fourth-order valence-electron chi connectivity index (χ4n) is 4.83. The van der Waals surface area contributed by atoms with E-state index in [9.17, 15) is 9.59 Å². The molecule has 0 bridgehead atoms. The lowest BCUT2D eigenvalue weighted by atomic mass is 9.88. The number of nitrogens with zero attached hydrogens (tertiary/aromatic N) is 2. The number of ether oxygens (including phenoxy) is 1. The molecule has 1 saturated heterocycles. The van der Waals surface area contributed by atoms with Gasteiger partial charge in [-0.05, 0) is 80.8 Å². The van der Waals surface area contributed by atoms with Crippen LogP contribution in [0.15, 0.2) is 42.5 Å². The monoisotopic (exact) mass is 445 g/mol. The Balaban J connectivity index is 1.46. The summed E-state index contributed by atoms with van der Waals surface area (Å²) in [6.45, 7) is 7.89. The third-order valence-electron chi connectivity index (χ3n) is 6.28. The van der Waals surface area contributed by atoms with E-state index in [0.29, 0.717) is 6.54 Å². The quantitative estimate of drug-likeness (QED) is 0.546. The minimum atomic E-state index is -0.0897. The van der Waals surface area contributed by atoms with Crippen LogP contribution in [0.5, 0.6) is 5.75 Å². The van der Waals surface area contributed by atoms with Crippen LogP contribution < -0.4 is 10.1 Å². The van der Waals surface area contributed by atoms with Gasteiger partial charge in [0.2, 0.25) is 5.91 Å². The van der Waals surface area contributed by atoms with Crippen molar-refractivity contribution in [3.63, 3.8) is 0 Å². The number of ketones is 1. The highest BCUT2D eigenvalue weighted by Gasteiger charge is 2.27. The average molecular weight is 446 g/mol. The molecule has 4 rings (SSSR count). The predicted molar refractivity (Wildman–Crippen MR) is 131 cm³/mol. The van der Waals surface area contributed by atoms with Gasteiger partial charge in [-0.25, -0.2) is 0 Å². The standard InChI is InChI=1S/C27H31N3O3/c1-17-12-22(13-18(2)27(17)33-4)26(32)21-6-5-11-30(15-21)16-24-8-7-20-14-23(28-19(3)31)9-10-25(20)29-24/h7-10,12-14,21H,5-6,11,15-16H2,1-4H3,(H,28,31). The molecule has 2 heterocycles. The maximum absolute atomic E-state index is 13.3. The van der Waals surface area contributed by atoms with E-state index >= 15 is 0 Å². The Morgan fingerprint density at radius 2 is 1.88 bits per heavy atom. The lowest BCUT2D eigenvalue weighted by molar-refractivity contribution is -0.114. The third kappa shape index (κ3) is 5.22. The van der Waals surface area contributed by atoms with E-state index in [4.69, 9.17) is 9.72 Å². The van der Waals surface area contributed by atoms with Gasteiger partial charge in [-0.1, -0.05) is 6.07 Å². The Morgan fingerprint density at radius 1 is 1.12 bits per heavy atom. The first-order valence-electron chi connectivity index (χ1n) is 11.4. The van der Waals surface area contributed by atoms with E-state index in [-0.39, 0.29) is 17.6 Å². The molecule has 3 aromatic rings. The number of rotatable bonds is 6. The number of fused-ring (bicyclic) bond motifs is 1. The fourth-order valence-corrected chi connectivity index (χ4v) is 4.83. The summed E-state index contributed by atoms with van der Waals surface area (Å²) in [6, 6.07) is 13.7. The van der Waals surface area contributed by atoms with Crippen LogP contribution in [0.1, 0.15) is 46.9 Å². The Labute approximate surface area is 195 Å². The number of Topliss-reactive ketones (excluding diaryl/α,β-unsaturated/α-hetero) is 1. The molecule has 0 aliphatic carbocycles. The molecule has 0 radical (unpaired) electrons. The van der Waals surface area contributed by atoms with Gasteiger partial charge in [0.25, 0.3) is 0 Å². The molecule has 1 aliphatic rings. The highest BCUT2D eigenvalue weighted by Crippen LogP contribution is 2.28. The van der Waals surface area contributed by atoms with Crippen LogP contribution in [0, 0.1) is 19.8 Å². The first kappa shape index (κ1) is 22.9. The van der Waals surface area contributed by atoms with Crippen molar-refractivity contribution in [3.8, 4) is 5.75 Å². The minimum absolute atomic E-state index is 0.00776. The van der Waals surface area contributed by atoms with Crippen molar-refractivity contribution in [1.29, 1.82) is 0 Å². The van der Waals surface area contributed by atoms with Gasteiger partial charge in [0.05, 0.1) is 18.3 Å². The number of aromatic nitrogens is 1. The zero-order valence-corrected chi connectivity index (χ0v) is 19.8. The first-order valence-corrected chi connectivity index (χ1v) is 11.4. The van der Waals surface area contributed by atoms with E-state index in [2.05, 4.69) is 10.2 Å². The van der Waals surface area contributed by atoms with E-state index in [1.54, 1.807) is 7.11 Å². The number of benzene rings is 2. The highest BCUT2D eigenvalue weighted by molar-refractivity contribution is 5.98. The molecule has 0 saturated carbocycles. The summed E-state index contributed by atoms with van der Waals surface area (Å²) in [5, 5.41) is 3.79. The Bertz CT molecular complexity index is 1180. The van der Waals surface area contributed by atoms with Gasteiger partial charge in [-0.2, -0.15) is 0 Å². The van der Waals surface area contributed by atoms with Crippen molar-refractivity contribution < 1.29 is 14.3 Å². The molecule has 0 spiro atoms. The second-order valence-electron chi connectivity index (χ2n) is 8.97. The van der Waals surface area contributed by atoms with Crippen LogP contribution in [0.4, 0.5) is 5.69 Å². The lowest BCUT2D eigenvalue weighted by Gasteiger charge is -2.32. The van der Waals surface area contributed by atoms with Crippen LogP contribution in [-0.4, -0.2) is 41.8 Å². The summed E-state index contributed by atoms with van der Waals surface area (Å²) < 4.78 is 5.45. The van der Waals surface area contributed by atoms with Crippen LogP contribution in [0.25, 0.3) is 10.9 Å². The molecule has 1 fully saturated rings.